The lowest BCUT2D eigenvalue weighted by Crippen LogP contribution is -2.46. The van der Waals surface area contributed by atoms with E-state index in [9.17, 15) is 9.59 Å². The fraction of sp³-hybridized carbons (Fsp3) is 0.571. The van der Waals surface area contributed by atoms with Crippen molar-refractivity contribution in [3.63, 3.8) is 0 Å². The first-order valence-electron chi connectivity index (χ1n) is 6.71. The van der Waals surface area contributed by atoms with Gasteiger partial charge < -0.3 is 19.2 Å². The number of aryl methyl sites for hydroxylation is 2. The fourth-order valence-electron chi connectivity index (χ4n) is 2.27. The summed E-state index contributed by atoms with van der Waals surface area (Å²) in [6, 6.07) is 3.74. The molecule has 2 rings (SSSR count). The van der Waals surface area contributed by atoms with E-state index in [1.165, 1.54) is 0 Å². The van der Waals surface area contributed by atoms with Gasteiger partial charge in [-0.2, -0.15) is 0 Å². The van der Waals surface area contributed by atoms with E-state index in [1.807, 2.05) is 19.1 Å². The van der Waals surface area contributed by atoms with Crippen molar-refractivity contribution in [2.24, 2.45) is 0 Å². The Bertz CT molecular complexity index is 482. The quantitative estimate of drug-likeness (QED) is 0.877. The molecule has 20 heavy (non-hydrogen) atoms. The van der Waals surface area contributed by atoms with Crippen molar-refractivity contribution >= 4 is 11.9 Å². The van der Waals surface area contributed by atoms with Gasteiger partial charge in [0, 0.05) is 25.9 Å². The van der Waals surface area contributed by atoms with Gasteiger partial charge in [-0.3, -0.25) is 9.59 Å². The molecule has 0 spiro atoms. The molecule has 0 aliphatic carbocycles. The second-order valence-electron chi connectivity index (χ2n) is 4.94. The van der Waals surface area contributed by atoms with Gasteiger partial charge in [0.2, 0.25) is 5.91 Å². The minimum Gasteiger partial charge on any atom is -0.481 e. The molecular formula is C14H19NO5. The molecule has 1 aliphatic heterocycles. The number of carbonyl (C=O) groups is 2. The Hall–Kier alpha value is -1.82. The van der Waals surface area contributed by atoms with Crippen LogP contribution in [0.5, 0.6) is 0 Å². The first kappa shape index (κ1) is 14.6. The summed E-state index contributed by atoms with van der Waals surface area (Å²) >= 11 is 0. The molecule has 1 atom stereocenters. The zero-order valence-corrected chi connectivity index (χ0v) is 11.5. The summed E-state index contributed by atoms with van der Waals surface area (Å²) in [5, 5.41) is 8.75. The number of amides is 1. The molecule has 1 fully saturated rings. The molecule has 1 unspecified atom stereocenters. The third-order valence-corrected chi connectivity index (χ3v) is 3.28. The van der Waals surface area contributed by atoms with Crippen molar-refractivity contribution in [2.75, 3.05) is 19.7 Å². The highest BCUT2D eigenvalue weighted by Crippen LogP contribution is 2.13. The highest BCUT2D eigenvalue weighted by atomic mass is 16.5. The molecule has 2 heterocycles. The van der Waals surface area contributed by atoms with Crippen LogP contribution in [0.15, 0.2) is 16.5 Å². The van der Waals surface area contributed by atoms with E-state index in [4.69, 9.17) is 14.3 Å². The summed E-state index contributed by atoms with van der Waals surface area (Å²) in [6.45, 7) is 3.13. The van der Waals surface area contributed by atoms with Gasteiger partial charge in [-0.1, -0.05) is 0 Å². The average Bonchev–Trinajstić information content (AvgIpc) is 2.81. The van der Waals surface area contributed by atoms with Crippen LogP contribution in [0.25, 0.3) is 0 Å². The minimum absolute atomic E-state index is 0.0118. The summed E-state index contributed by atoms with van der Waals surface area (Å²) in [5.74, 6) is 0.736. The molecule has 1 aromatic rings. The molecule has 0 saturated carbocycles. The van der Waals surface area contributed by atoms with E-state index in [-0.39, 0.29) is 12.3 Å². The van der Waals surface area contributed by atoms with Crippen LogP contribution in [-0.4, -0.2) is 47.7 Å². The second-order valence-corrected chi connectivity index (χ2v) is 4.94. The fourth-order valence-corrected chi connectivity index (χ4v) is 2.27. The van der Waals surface area contributed by atoms with Gasteiger partial charge in [-0.05, 0) is 19.1 Å². The number of furan rings is 1. The summed E-state index contributed by atoms with van der Waals surface area (Å²) in [6.07, 6.45) is 0.456. The number of carbonyl (C=O) groups excluding carboxylic acids is 1. The van der Waals surface area contributed by atoms with E-state index in [0.29, 0.717) is 32.5 Å². The van der Waals surface area contributed by atoms with Gasteiger partial charge in [-0.15, -0.1) is 0 Å². The van der Waals surface area contributed by atoms with Crippen LogP contribution in [0, 0.1) is 6.92 Å². The van der Waals surface area contributed by atoms with Crippen molar-refractivity contribution in [3.8, 4) is 0 Å². The Morgan fingerprint density at radius 3 is 2.90 bits per heavy atom. The number of ether oxygens (including phenoxy) is 1. The maximum absolute atomic E-state index is 12.1. The van der Waals surface area contributed by atoms with Gasteiger partial charge in [-0.25, -0.2) is 0 Å². The molecule has 1 amide bonds. The number of nitrogens with zero attached hydrogens (tertiary/aromatic N) is 1. The van der Waals surface area contributed by atoms with Crippen molar-refractivity contribution in [3.05, 3.63) is 23.7 Å². The van der Waals surface area contributed by atoms with Crippen LogP contribution < -0.4 is 0 Å². The Balaban J connectivity index is 1.81. The van der Waals surface area contributed by atoms with Crippen molar-refractivity contribution in [1.29, 1.82) is 0 Å². The third kappa shape index (κ3) is 4.09. The number of carboxylic acids is 1. The Labute approximate surface area is 117 Å². The molecule has 0 radical (unpaired) electrons. The maximum atomic E-state index is 12.1. The van der Waals surface area contributed by atoms with Crippen molar-refractivity contribution in [1.82, 2.24) is 4.90 Å². The maximum Gasteiger partial charge on any atom is 0.306 e. The van der Waals surface area contributed by atoms with Crippen molar-refractivity contribution < 1.29 is 23.8 Å². The molecule has 0 bridgehead atoms. The number of morpholine rings is 1. The smallest absolute Gasteiger partial charge is 0.306 e. The Kier molecular flexibility index (Phi) is 4.79. The molecule has 6 nitrogen and oxygen atoms in total. The molecule has 1 N–H and O–H groups in total. The monoisotopic (exact) mass is 281 g/mol. The molecule has 6 heteroatoms. The van der Waals surface area contributed by atoms with Crippen molar-refractivity contribution in [2.45, 2.75) is 32.3 Å². The van der Waals surface area contributed by atoms with E-state index in [2.05, 4.69) is 0 Å². The predicted octanol–water partition coefficient (Wildman–Crippen LogP) is 1.22. The standard InChI is InChI=1S/C14H19NO5/c1-10-2-3-11(20-10)4-5-13(16)15-6-7-19-12(9-15)8-14(17)18/h2-3,12H,4-9H2,1H3,(H,17,18). The molecule has 1 saturated heterocycles. The zero-order valence-electron chi connectivity index (χ0n) is 11.5. The highest BCUT2D eigenvalue weighted by molar-refractivity contribution is 5.76. The normalized spacial score (nSPS) is 19.1. The summed E-state index contributed by atoms with van der Waals surface area (Å²) in [4.78, 5) is 24.4. The van der Waals surface area contributed by atoms with E-state index >= 15 is 0 Å². The lowest BCUT2D eigenvalue weighted by atomic mass is 10.1. The predicted molar refractivity (Wildman–Crippen MR) is 70.3 cm³/mol. The largest absolute Gasteiger partial charge is 0.481 e. The van der Waals surface area contributed by atoms with Gasteiger partial charge >= 0.3 is 5.97 Å². The number of carboxylic acid groups (broad SMARTS) is 1. The van der Waals surface area contributed by atoms with Gasteiger partial charge in [0.05, 0.1) is 19.1 Å². The summed E-state index contributed by atoms with van der Waals surface area (Å²) in [7, 11) is 0. The van der Waals surface area contributed by atoms with Crippen LogP contribution >= 0.6 is 0 Å². The van der Waals surface area contributed by atoms with Gasteiger partial charge in [0.25, 0.3) is 0 Å². The number of rotatable bonds is 5. The molecule has 1 aliphatic rings. The third-order valence-electron chi connectivity index (χ3n) is 3.28. The first-order valence-corrected chi connectivity index (χ1v) is 6.71. The lowest BCUT2D eigenvalue weighted by Gasteiger charge is -2.32. The average molecular weight is 281 g/mol. The minimum atomic E-state index is -0.907. The number of aliphatic carboxylic acids is 1. The molecule has 1 aromatic heterocycles. The Morgan fingerprint density at radius 1 is 1.45 bits per heavy atom. The number of hydrogen-bond donors (Lipinski definition) is 1. The van der Waals surface area contributed by atoms with Crippen LogP contribution in [0.1, 0.15) is 24.4 Å². The lowest BCUT2D eigenvalue weighted by molar-refractivity contribution is -0.147. The van der Waals surface area contributed by atoms with Crippen LogP contribution in [-0.2, 0) is 20.7 Å². The highest BCUT2D eigenvalue weighted by Gasteiger charge is 2.25. The van der Waals surface area contributed by atoms with E-state index in [0.717, 1.165) is 11.5 Å². The van der Waals surface area contributed by atoms with Crippen LogP contribution in [0.3, 0.4) is 0 Å². The zero-order chi connectivity index (χ0) is 14.5. The number of hydrogen-bond acceptors (Lipinski definition) is 4. The van der Waals surface area contributed by atoms with Crippen LogP contribution in [0.4, 0.5) is 0 Å². The first-order chi connectivity index (χ1) is 9.54. The molecule has 110 valence electrons. The van der Waals surface area contributed by atoms with Crippen LogP contribution in [0.2, 0.25) is 0 Å². The topological polar surface area (TPSA) is 80.0 Å². The van der Waals surface area contributed by atoms with E-state index < -0.39 is 12.1 Å². The second kappa shape index (κ2) is 6.56. The summed E-state index contributed by atoms with van der Waals surface area (Å²) in [5.41, 5.74) is 0. The molecular weight excluding hydrogens is 262 g/mol. The molecule has 0 aromatic carbocycles. The van der Waals surface area contributed by atoms with Gasteiger partial charge in [0.15, 0.2) is 0 Å². The van der Waals surface area contributed by atoms with E-state index in [1.54, 1.807) is 4.90 Å². The SMILES string of the molecule is Cc1ccc(CCC(=O)N2CCOC(CC(=O)O)C2)o1. The van der Waals surface area contributed by atoms with Gasteiger partial charge in [0.1, 0.15) is 11.5 Å². The summed E-state index contributed by atoms with van der Waals surface area (Å²) < 4.78 is 10.8. The Morgan fingerprint density at radius 2 is 2.25 bits per heavy atom.